The highest BCUT2D eigenvalue weighted by Gasteiger charge is 2.20. The van der Waals surface area contributed by atoms with Crippen molar-refractivity contribution in [3.8, 4) is 5.69 Å². The van der Waals surface area contributed by atoms with Gasteiger partial charge >= 0.3 is 0 Å². The van der Waals surface area contributed by atoms with Crippen molar-refractivity contribution in [1.29, 1.82) is 0 Å². The number of halogens is 1. The number of benzene rings is 1. The second-order valence-electron chi connectivity index (χ2n) is 4.77. The Balaban J connectivity index is 2.77. The molecule has 0 amide bonds. The standard InChI is InChI=1S/C14H18FN3O/c1-4-17-13(9(2)3)12(16)14(19)18(17)11-7-5-6-10(15)8-11/h5-9H,4,16H2,1-3H3. The molecule has 19 heavy (non-hydrogen) atoms. The van der Waals surface area contributed by atoms with Crippen LogP contribution < -0.4 is 11.3 Å². The Morgan fingerprint density at radius 3 is 2.58 bits per heavy atom. The number of anilines is 1. The number of rotatable bonds is 3. The Morgan fingerprint density at radius 1 is 1.37 bits per heavy atom. The van der Waals surface area contributed by atoms with E-state index in [9.17, 15) is 9.18 Å². The predicted octanol–water partition coefficient (Wildman–Crippen LogP) is 2.50. The fourth-order valence-corrected chi connectivity index (χ4v) is 2.37. The van der Waals surface area contributed by atoms with Crippen molar-refractivity contribution in [2.24, 2.45) is 0 Å². The average molecular weight is 263 g/mol. The van der Waals surface area contributed by atoms with Gasteiger partial charge in [-0.1, -0.05) is 19.9 Å². The van der Waals surface area contributed by atoms with Crippen molar-refractivity contribution >= 4 is 5.69 Å². The summed E-state index contributed by atoms with van der Waals surface area (Å²) in [6.07, 6.45) is 0. The van der Waals surface area contributed by atoms with Gasteiger partial charge in [0.25, 0.3) is 5.56 Å². The Morgan fingerprint density at radius 2 is 2.05 bits per heavy atom. The van der Waals surface area contributed by atoms with Crippen LogP contribution in [-0.4, -0.2) is 9.36 Å². The third kappa shape index (κ3) is 2.16. The van der Waals surface area contributed by atoms with Gasteiger partial charge in [-0.3, -0.25) is 9.48 Å². The highest BCUT2D eigenvalue weighted by Crippen LogP contribution is 2.22. The maximum absolute atomic E-state index is 13.3. The van der Waals surface area contributed by atoms with Gasteiger partial charge in [-0.05, 0) is 31.0 Å². The molecule has 0 aliphatic heterocycles. The Labute approximate surface area is 111 Å². The Hall–Kier alpha value is -2.04. The van der Waals surface area contributed by atoms with Crippen LogP contribution >= 0.6 is 0 Å². The van der Waals surface area contributed by atoms with E-state index in [0.717, 1.165) is 5.69 Å². The summed E-state index contributed by atoms with van der Waals surface area (Å²) >= 11 is 0. The van der Waals surface area contributed by atoms with E-state index in [0.29, 0.717) is 12.2 Å². The highest BCUT2D eigenvalue weighted by molar-refractivity contribution is 5.47. The van der Waals surface area contributed by atoms with Crippen molar-refractivity contribution in [2.45, 2.75) is 33.2 Å². The van der Waals surface area contributed by atoms with E-state index in [1.54, 1.807) is 16.8 Å². The van der Waals surface area contributed by atoms with Gasteiger partial charge in [0.05, 0.1) is 11.4 Å². The molecular formula is C14H18FN3O. The summed E-state index contributed by atoms with van der Waals surface area (Å²) in [7, 11) is 0. The third-order valence-corrected chi connectivity index (χ3v) is 3.12. The molecule has 102 valence electrons. The minimum atomic E-state index is -0.377. The van der Waals surface area contributed by atoms with E-state index >= 15 is 0 Å². The largest absolute Gasteiger partial charge is 0.393 e. The van der Waals surface area contributed by atoms with Crippen LogP contribution in [0, 0.1) is 5.82 Å². The number of hydrogen-bond donors (Lipinski definition) is 1. The first-order valence-electron chi connectivity index (χ1n) is 6.34. The van der Waals surface area contributed by atoms with Crippen LogP contribution in [0.5, 0.6) is 0 Å². The molecule has 0 saturated carbocycles. The minimum Gasteiger partial charge on any atom is -0.393 e. The van der Waals surface area contributed by atoms with Crippen LogP contribution in [0.3, 0.4) is 0 Å². The van der Waals surface area contributed by atoms with Gasteiger partial charge in [0.2, 0.25) is 0 Å². The summed E-state index contributed by atoms with van der Waals surface area (Å²) in [5, 5.41) is 0. The van der Waals surface area contributed by atoms with E-state index in [-0.39, 0.29) is 23.0 Å². The van der Waals surface area contributed by atoms with Gasteiger partial charge in [0, 0.05) is 6.54 Å². The van der Waals surface area contributed by atoms with Crippen LogP contribution in [-0.2, 0) is 6.54 Å². The fourth-order valence-electron chi connectivity index (χ4n) is 2.37. The first-order chi connectivity index (χ1) is 8.97. The smallest absolute Gasteiger partial charge is 0.294 e. The molecule has 2 N–H and O–H groups in total. The minimum absolute atomic E-state index is 0.127. The summed E-state index contributed by atoms with van der Waals surface area (Å²) < 4.78 is 16.6. The molecule has 1 heterocycles. The summed E-state index contributed by atoms with van der Waals surface area (Å²) in [6.45, 7) is 6.48. The van der Waals surface area contributed by atoms with Gasteiger partial charge in [-0.2, -0.15) is 0 Å². The van der Waals surface area contributed by atoms with E-state index in [4.69, 9.17) is 5.73 Å². The van der Waals surface area contributed by atoms with Crippen molar-refractivity contribution in [3.63, 3.8) is 0 Å². The van der Waals surface area contributed by atoms with E-state index in [2.05, 4.69) is 0 Å². The first-order valence-corrected chi connectivity index (χ1v) is 6.34. The molecule has 0 aliphatic carbocycles. The van der Waals surface area contributed by atoms with Crippen LogP contribution in [0.2, 0.25) is 0 Å². The number of hydrogen-bond acceptors (Lipinski definition) is 2. The SMILES string of the molecule is CCn1c(C(C)C)c(N)c(=O)n1-c1cccc(F)c1. The molecule has 0 radical (unpaired) electrons. The quantitative estimate of drug-likeness (QED) is 0.925. The fraction of sp³-hybridized carbons (Fsp3) is 0.357. The van der Waals surface area contributed by atoms with Crippen molar-refractivity contribution < 1.29 is 4.39 Å². The lowest BCUT2D eigenvalue weighted by Crippen LogP contribution is -2.22. The van der Waals surface area contributed by atoms with Crippen LogP contribution in [0.1, 0.15) is 32.4 Å². The lowest BCUT2D eigenvalue weighted by molar-refractivity contribution is 0.531. The van der Waals surface area contributed by atoms with Crippen LogP contribution in [0.15, 0.2) is 29.1 Å². The molecule has 2 aromatic rings. The number of nitrogens with two attached hydrogens (primary N) is 1. The van der Waals surface area contributed by atoms with Gasteiger partial charge < -0.3 is 5.73 Å². The summed E-state index contributed by atoms with van der Waals surface area (Å²) in [5.41, 5.74) is 7.13. The molecule has 0 unspecified atom stereocenters. The third-order valence-electron chi connectivity index (χ3n) is 3.12. The molecule has 0 aliphatic rings. The zero-order valence-electron chi connectivity index (χ0n) is 11.4. The maximum atomic E-state index is 13.3. The first kappa shape index (κ1) is 13.4. The Bertz CT molecular complexity index is 655. The zero-order chi connectivity index (χ0) is 14.2. The number of nitrogen functional groups attached to an aromatic ring is 1. The zero-order valence-corrected chi connectivity index (χ0v) is 11.4. The topological polar surface area (TPSA) is 52.9 Å². The van der Waals surface area contributed by atoms with Crippen LogP contribution in [0.4, 0.5) is 10.1 Å². The normalized spacial score (nSPS) is 11.2. The second-order valence-corrected chi connectivity index (χ2v) is 4.77. The van der Waals surface area contributed by atoms with E-state index in [1.807, 2.05) is 20.8 Å². The van der Waals surface area contributed by atoms with Gasteiger partial charge in [0.1, 0.15) is 11.5 Å². The predicted molar refractivity (Wildman–Crippen MR) is 74.2 cm³/mol. The van der Waals surface area contributed by atoms with E-state index in [1.165, 1.54) is 16.8 Å². The van der Waals surface area contributed by atoms with Gasteiger partial charge in [-0.25, -0.2) is 9.07 Å². The molecule has 5 heteroatoms. The summed E-state index contributed by atoms with van der Waals surface area (Å²) in [4.78, 5) is 12.3. The summed E-state index contributed by atoms with van der Waals surface area (Å²) in [5.74, 6) is -0.250. The highest BCUT2D eigenvalue weighted by atomic mass is 19.1. The molecule has 1 aromatic carbocycles. The monoisotopic (exact) mass is 263 g/mol. The maximum Gasteiger partial charge on any atom is 0.294 e. The van der Waals surface area contributed by atoms with Crippen molar-refractivity contribution in [2.75, 3.05) is 5.73 Å². The molecule has 4 nitrogen and oxygen atoms in total. The average Bonchev–Trinajstić information content (AvgIpc) is 2.61. The molecule has 0 spiro atoms. The van der Waals surface area contributed by atoms with Gasteiger partial charge in [0.15, 0.2) is 0 Å². The second kappa shape index (κ2) is 4.91. The molecule has 0 fully saturated rings. The lowest BCUT2D eigenvalue weighted by atomic mass is 10.1. The lowest BCUT2D eigenvalue weighted by Gasteiger charge is -2.14. The summed E-state index contributed by atoms with van der Waals surface area (Å²) in [6, 6.07) is 5.95. The molecule has 0 atom stereocenters. The molecule has 0 saturated heterocycles. The molecular weight excluding hydrogens is 245 g/mol. The number of aromatic nitrogens is 2. The Kier molecular flexibility index (Phi) is 3.46. The van der Waals surface area contributed by atoms with Gasteiger partial charge in [-0.15, -0.1) is 0 Å². The molecule has 2 rings (SSSR count). The number of nitrogens with zero attached hydrogens (tertiary/aromatic N) is 2. The van der Waals surface area contributed by atoms with Crippen molar-refractivity contribution in [1.82, 2.24) is 9.36 Å². The van der Waals surface area contributed by atoms with E-state index < -0.39 is 0 Å². The van der Waals surface area contributed by atoms with Crippen LogP contribution in [0.25, 0.3) is 5.69 Å². The molecule has 0 bridgehead atoms. The molecule has 1 aromatic heterocycles. The van der Waals surface area contributed by atoms with Crippen molar-refractivity contribution in [3.05, 3.63) is 46.1 Å².